The summed E-state index contributed by atoms with van der Waals surface area (Å²) in [4.78, 5) is 0. The minimum atomic E-state index is 0. The molecule has 0 atom stereocenters. The predicted octanol–water partition coefficient (Wildman–Crippen LogP) is 1.45. The molecule has 0 heterocycles. The first kappa shape index (κ1) is 12.6. The van der Waals surface area contributed by atoms with Gasteiger partial charge >= 0.3 is 18.9 Å². The molecule has 0 saturated heterocycles. The van der Waals surface area contributed by atoms with E-state index in [1.807, 2.05) is 0 Å². The van der Waals surface area contributed by atoms with Gasteiger partial charge in [-0.25, -0.2) is 0 Å². The van der Waals surface area contributed by atoms with Gasteiger partial charge < -0.3 is 0 Å². The van der Waals surface area contributed by atoms with Crippen LogP contribution >= 0.6 is 0 Å². The largest absolute Gasteiger partial charge is 1.00 e. The Kier molecular flexibility index (Phi) is 3.06. The van der Waals surface area contributed by atoms with Gasteiger partial charge in [0.2, 0.25) is 0 Å². The van der Waals surface area contributed by atoms with Gasteiger partial charge in [-0.1, -0.05) is 42.2 Å². The van der Waals surface area contributed by atoms with E-state index in [2.05, 4.69) is 45.9 Å². The molecule has 17 heavy (non-hydrogen) atoms. The Balaban J connectivity index is 0.00000108. The van der Waals surface area contributed by atoms with Gasteiger partial charge in [-0.05, 0) is 20.3 Å². The smallest absolute Gasteiger partial charge is 0.165 e. The van der Waals surface area contributed by atoms with Crippen molar-refractivity contribution >= 4 is 16.8 Å². The molecular weight excluding hydrogens is 199 g/mol. The fraction of sp³-hybridized carbons (Fsp3) is 0.312. The van der Waals surface area contributed by atoms with E-state index in [-0.39, 0.29) is 18.9 Å². The fourth-order valence-electron chi connectivity index (χ4n) is 3.01. The molecule has 3 rings (SSSR count). The number of aryl methyl sites for hydroxylation is 3. The van der Waals surface area contributed by atoms with E-state index in [4.69, 9.17) is 0 Å². The zero-order chi connectivity index (χ0) is 11.4. The third-order valence-corrected chi connectivity index (χ3v) is 3.87. The van der Waals surface area contributed by atoms with Crippen LogP contribution < -0.4 is 18.9 Å². The molecule has 1 heteroatoms. The molecule has 2 aromatic carbocycles. The van der Waals surface area contributed by atoms with Crippen molar-refractivity contribution in [2.45, 2.75) is 34.1 Å². The average molecular weight is 216 g/mol. The second kappa shape index (κ2) is 4.12. The van der Waals surface area contributed by atoms with Crippen molar-refractivity contribution in [3.8, 4) is 0 Å². The first-order chi connectivity index (χ1) is 7.58. The van der Waals surface area contributed by atoms with Crippen LogP contribution in [0.1, 0.15) is 34.7 Å². The van der Waals surface area contributed by atoms with Crippen molar-refractivity contribution in [2.75, 3.05) is 0 Å². The Morgan fingerprint density at radius 2 is 1.76 bits per heavy atom. The monoisotopic (exact) mass is 216 g/mol. The van der Waals surface area contributed by atoms with E-state index in [1.165, 1.54) is 38.6 Å². The number of hydrogen-bond acceptors (Lipinski definition) is 0. The topological polar surface area (TPSA) is 0 Å². The van der Waals surface area contributed by atoms with Crippen molar-refractivity contribution in [3.63, 3.8) is 0 Å². The number of rotatable bonds is 0. The number of hydrogen-bond donors (Lipinski definition) is 0. The van der Waals surface area contributed by atoms with Crippen molar-refractivity contribution in [1.29, 1.82) is 0 Å². The van der Waals surface area contributed by atoms with Crippen LogP contribution in [0.2, 0.25) is 0 Å². The molecule has 0 fully saturated rings. The Labute approximate surface area is 115 Å². The molecule has 0 unspecified atom stereocenters. The summed E-state index contributed by atoms with van der Waals surface area (Å²) in [5.74, 6) is 0. The van der Waals surface area contributed by atoms with E-state index in [0.29, 0.717) is 0 Å². The van der Waals surface area contributed by atoms with Crippen molar-refractivity contribution in [3.05, 3.63) is 45.5 Å². The van der Waals surface area contributed by atoms with Crippen LogP contribution in [0.3, 0.4) is 0 Å². The first-order valence-electron chi connectivity index (χ1n) is 5.94. The van der Waals surface area contributed by atoms with Crippen LogP contribution in [0.25, 0.3) is 16.8 Å². The molecule has 0 spiro atoms. The molecule has 82 valence electrons. The minimum Gasteiger partial charge on any atom is -0.165 e. The molecule has 2 aromatic rings. The summed E-state index contributed by atoms with van der Waals surface area (Å²) in [6.45, 7) is 8.95. The summed E-state index contributed by atoms with van der Waals surface area (Å²) in [5, 5.41) is 2.90. The number of allylic oxidation sites excluding steroid dienone is 1. The summed E-state index contributed by atoms with van der Waals surface area (Å²) in [5.41, 5.74) is 8.84. The van der Waals surface area contributed by atoms with Gasteiger partial charge in [0.1, 0.15) is 0 Å². The van der Waals surface area contributed by atoms with Crippen LogP contribution in [-0.4, -0.2) is 0 Å². The van der Waals surface area contributed by atoms with E-state index >= 15 is 0 Å². The third-order valence-electron chi connectivity index (χ3n) is 3.87. The molecule has 1 aliphatic carbocycles. The van der Waals surface area contributed by atoms with Crippen molar-refractivity contribution < 1.29 is 18.9 Å². The molecule has 0 amide bonds. The van der Waals surface area contributed by atoms with Gasteiger partial charge in [0.05, 0.1) is 0 Å². The quantitative estimate of drug-likeness (QED) is 0.462. The minimum absolute atomic E-state index is 0. The van der Waals surface area contributed by atoms with E-state index < -0.39 is 0 Å². The van der Waals surface area contributed by atoms with Gasteiger partial charge in [-0.15, -0.1) is 28.0 Å². The van der Waals surface area contributed by atoms with E-state index in [0.717, 1.165) is 6.42 Å². The van der Waals surface area contributed by atoms with Crippen LogP contribution in [0.5, 0.6) is 0 Å². The summed E-state index contributed by atoms with van der Waals surface area (Å²) in [7, 11) is 0. The first-order valence-corrected chi connectivity index (χ1v) is 5.94. The summed E-state index contributed by atoms with van der Waals surface area (Å²) in [6, 6.07) is 4.64. The molecule has 0 bridgehead atoms. The number of benzene rings is 1. The SMILES string of the molecule is CC1=Cc2c(c(C)c3cc(C)[cH-]c3c2C)C1.[Li+]. The maximum atomic E-state index is 2.36. The van der Waals surface area contributed by atoms with Gasteiger partial charge in [0, 0.05) is 0 Å². The fourth-order valence-corrected chi connectivity index (χ4v) is 3.01. The molecule has 0 saturated carbocycles. The van der Waals surface area contributed by atoms with Gasteiger partial charge in [-0.3, -0.25) is 0 Å². The summed E-state index contributed by atoms with van der Waals surface area (Å²) >= 11 is 0. The second-order valence-corrected chi connectivity index (χ2v) is 5.17. The molecule has 0 nitrogen and oxygen atoms in total. The van der Waals surface area contributed by atoms with E-state index in [9.17, 15) is 0 Å². The molecule has 0 aromatic heterocycles. The van der Waals surface area contributed by atoms with Gasteiger partial charge in [-0.2, -0.15) is 6.07 Å². The van der Waals surface area contributed by atoms with E-state index in [1.54, 1.807) is 5.56 Å². The maximum Gasteiger partial charge on any atom is 1.00 e. The molecule has 0 N–H and O–H groups in total. The summed E-state index contributed by atoms with van der Waals surface area (Å²) < 4.78 is 0. The zero-order valence-corrected chi connectivity index (χ0v) is 11.4. The maximum absolute atomic E-state index is 2.36. The Bertz CT molecular complexity index is 627. The average Bonchev–Trinajstić information content (AvgIpc) is 2.78. The van der Waals surface area contributed by atoms with Crippen LogP contribution in [0.15, 0.2) is 17.7 Å². The normalized spacial score (nSPS) is 13.5. The number of fused-ring (bicyclic) bond motifs is 2. The van der Waals surface area contributed by atoms with Crippen molar-refractivity contribution in [2.24, 2.45) is 0 Å². The Morgan fingerprint density at radius 3 is 2.47 bits per heavy atom. The molecule has 1 aliphatic rings. The molecular formula is C16H17Li. The Morgan fingerprint density at radius 1 is 1.06 bits per heavy atom. The van der Waals surface area contributed by atoms with Crippen LogP contribution in [-0.2, 0) is 6.42 Å². The van der Waals surface area contributed by atoms with Crippen LogP contribution in [0, 0.1) is 20.8 Å². The zero-order valence-electron chi connectivity index (χ0n) is 11.4. The Hall–Kier alpha value is -0.833. The summed E-state index contributed by atoms with van der Waals surface area (Å²) in [6.07, 6.45) is 3.50. The van der Waals surface area contributed by atoms with Gasteiger partial charge in [0.25, 0.3) is 0 Å². The second-order valence-electron chi connectivity index (χ2n) is 5.17. The van der Waals surface area contributed by atoms with Gasteiger partial charge in [0.15, 0.2) is 0 Å². The standard InChI is InChI=1S/C16H17.Li/c1-9-5-13-11(3)15-7-10(2)8-16(15)12(4)14(13)6-9;/h5-7H,8H2,1-4H3;/q-1;+1. The molecule has 0 radical (unpaired) electrons. The van der Waals surface area contributed by atoms with Crippen LogP contribution in [0.4, 0.5) is 0 Å². The third kappa shape index (κ3) is 1.71. The molecule has 0 aliphatic heterocycles. The van der Waals surface area contributed by atoms with Crippen molar-refractivity contribution in [1.82, 2.24) is 0 Å². The predicted molar refractivity (Wildman–Crippen MR) is 71.1 cm³/mol.